The lowest BCUT2D eigenvalue weighted by Crippen LogP contribution is -1.87. The lowest BCUT2D eigenvalue weighted by atomic mass is 10.8. The predicted molar refractivity (Wildman–Crippen MR) is 36.6 cm³/mol. The average molecular weight is 110 g/mol. The monoisotopic (exact) mass is 110 g/mol. The summed E-state index contributed by atoms with van der Waals surface area (Å²) in [4.78, 5) is 3.79. The molecule has 0 radical (unpaired) electrons. The maximum absolute atomic E-state index is 3.79. The van der Waals surface area contributed by atoms with E-state index in [1.54, 1.807) is 24.8 Å². The van der Waals surface area contributed by atoms with Crippen LogP contribution in [-0.4, -0.2) is 6.21 Å². The zero-order valence-corrected chi connectivity index (χ0v) is 4.96. The van der Waals surface area contributed by atoms with Gasteiger partial charge in [-0.15, -0.1) is 0 Å². The Balaban J connectivity index is 3.19. The van der Waals surface area contributed by atoms with Gasteiger partial charge in [0.1, 0.15) is 0 Å². The number of hydrogen-bond donors (Lipinski definition) is 1. The smallest absolute Gasteiger partial charge is 0.0423 e. The van der Waals surface area contributed by atoms with Gasteiger partial charge in [0.05, 0.1) is 0 Å². The van der Waals surface area contributed by atoms with Crippen LogP contribution in [0.3, 0.4) is 0 Å². The van der Waals surface area contributed by atoms with E-state index in [1.807, 2.05) is 6.92 Å². The molecular weight excluding hydrogens is 100 g/mol. The van der Waals surface area contributed by atoms with Gasteiger partial charge >= 0.3 is 0 Å². The first-order valence-corrected chi connectivity index (χ1v) is 2.41. The molecule has 0 bridgehead atoms. The van der Waals surface area contributed by atoms with Gasteiger partial charge in [-0.25, -0.2) is 0 Å². The summed E-state index contributed by atoms with van der Waals surface area (Å²) in [6, 6.07) is 0. The molecule has 0 heterocycles. The molecule has 0 aromatic rings. The van der Waals surface area contributed by atoms with Gasteiger partial charge in [0.2, 0.25) is 0 Å². The summed E-state index contributed by atoms with van der Waals surface area (Å²) in [6.45, 7) is 5.30. The molecule has 8 heavy (non-hydrogen) atoms. The Morgan fingerprint density at radius 2 is 2.38 bits per heavy atom. The van der Waals surface area contributed by atoms with Gasteiger partial charge in [0, 0.05) is 18.6 Å². The van der Waals surface area contributed by atoms with Crippen LogP contribution in [-0.2, 0) is 0 Å². The normalized spacial score (nSPS) is 10.6. The van der Waals surface area contributed by atoms with Gasteiger partial charge in [-0.05, 0) is 13.1 Å². The molecule has 0 saturated heterocycles. The van der Waals surface area contributed by atoms with E-state index in [2.05, 4.69) is 16.9 Å². The predicted octanol–water partition coefficient (Wildman–Crippen LogP) is 1.28. The van der Waals surface area contributed by atoms with E-state index in [1.165, 1.54) is 0 Å². The third-order valence-corrected chi connectivity index (χ3v) is 0.524. The fraction of sp³-hybridized carbons (Fsp3) is 0.167. The summed E-state index contributed by atoms with van der Waals surface area (Å²) in [6.07, 6.45) is 6.65. The lowest BCUT2D eigenvalue weighted by molar-refractivity contribution is 1.19. The van der Waals surface area contributed by atoms with Crippen molar-refractivity contribution in [3.8, 4) is 0 Å². The summed E-state index contributed by atoms with van der Waals surface area (Å²) < 4.78 is 0. The highest BCUT2D eigenvalue weighted by molar-refractivity contribution is 5.54. The maximum Gasteiger partial charge on any atom is 0.0423 e. The van der Waals surface area contributed by atoms with Crippen molar-refractivity contribution in [2.75, 3.05) is 0 Å². The van der Waals surface area contributed by atoms with Crippen LogP contribution >= 0.6 is 0 Å². The summed E-state index contributed by atoms with van der Waals surface area (Å²) in [5.74, 6) is 0. The van der Waals surface area contributed by atoms with Gasteiger partial charge in [-0.3, -0.25) is 4.99 Å². The second kappa shape index (κ2) is 5.95. The molecule has 0 aromatic carbocycles. The average Bonchev–Trinajstić information content (AvgIpc) is 1.81. The molecule has 1 N–H and O–H groups in total. The van der Waals surface area contributed by atoms with Gasteiger partial charge in [0.25, 0.3) is 0 Å². The second-order valence-corrected chi connectivity index (χ2v) is 1.09. The van der Waals surface area contributed by atoms with E-state index in [0.717, 1.165) is 0 Å². The molecule has 0 spiro atoms. The molecular formula is C6H10N2. The molecule has 0 aliphatic carbocycles. The minimum absolute atomic E-state index is 1.58. The molecule has 0 rings (SSSR count). The third kappa shape index (κ3) is 4.95. The fourth-order valence-electron chi connectivity index (χ4n) is 0.240. The standard InChI is InChI=1S/C6H10N2/c1-3-7-5-6-8-4-2/h3-7H,1H2,2H3/b6-5-,8-4?. The SMILES string of the molecule is C=CN/C=C\N=CC. The fourth-order valence-corrected chi connectivity index (χ4v) is 0.240. The largest absolute Gasteiger partial charge is 0.367 e. The molecule has 44 valence electrons. The maximum atomic E-state index is 3.79. The lowest BCUT2D eigenvalue weighted by Gasteiger charge is -1.80. The number of nitrogens with one attached hydrogen (secondary N) is 1. The van der Waals surface area contributed by atoms with Crippen LogP contribution in [0.15, 0.2) is 30.2 Å². The Kier molecular flexibility index (Phi) is 5.17. The minimum atomic E-state index is 1.58. The van der Waals surface area contributed by atoms with E-state index in [9.17, 15) is 0 Å². The van der Waals surface area contributed by atoms with Crippen molar-refractivity contribution >= 4 is 6.21 Å². The van der Waals surface area contributed by atoms with E-state index < -0.39 is 0 Å². The number of rotatable bonds is 3. The van der Waals surface area contributed by atoms with Crippen molar-refractivity contribution in [3.63, 3.8) is 0 Å². The Morgan fingerprint density at radius 3 is 2.88 bits per heavy atom. The number of aliphatic imine (C=N–C) groups is 1. The van der Waals surface area contributed by atoms with Crippen LogP contribution in [0.1, 0.15) is 6.92 Å². The van der Waals surface area contributed by atoms with Crippen molar-refractivity contribution in [1.29, 1.82) is 0 Å². The number of hydrogen-bond acceptors (Lipinski definition) is 2. The summed E-state index contributed by atoms with van der Waals surface area (Å²) >= 11 is 0. The number of nitrogens with zero attached hydrogens (tertiary/aromatic N) is 1. The first-order chi connectivity index (χ1) is 3.91. The highest BCUT2D eigenvalue weighted by Gasteiger charge is 1.57. The van der Waals surface area contributed by atoms with Gasteiger partial charge in [-0.1, -0.05) is 6.58 Å². The quantitative estimate of drug-likeness (QED) is 0.544. The Bertz CT molecular complexity index is 103. The first kappa shape index (κ1) is 6.95. The second-order valence-electron chi connectivity index (χ2n) is 1.09. The Labute approximate surface area is 49.6 Å². The topological polar surface area (TPSA) is 24.4 Å². The van der Waals surface area contributed by atoms with Crippen LogP contribution < -0.4 is 5.32 Å². The van der Waals surface area contributed by atoms with Crippen LogP contribution in [0.2, 0.25) is 0 Å². The van der Waals surface area contributed by atoms with E-state index in [-0.39, 0.29) is 0 Å². The summed E-state index contributed by atoms with van der Waals surface area (Å²) in [5, 5.41) is 2.75. The highest BCUT2D eigenvalue weighted by Crippen LogP contribution is 1.67. The van der Waals surface area contributed by atoms with E-state index in [0.29, 0.717) is 0 Å². The van der Waals surface area contributed by atoms with Crippen molar-refractivity contribution in [2.24, 2.45) is 4.99 Å². The summed E-state index contributed by atoms with van der Waals surface area (Å²) in [7, 11) is 0. The molecule has 0 saturated carbocycles. The van der Waals surface area contributed by atoms with Crippen molar-refractivity contribution < 1.29 is 0 Å². The summed E-state index contributed by atoms with van der Waals surface area (Å²) in [5.41, 5.74) is 0. The molecule has 0 aliphatic heterocycles. The van der Waals surface area contributed by atoms with Gasteiger partial charge < -0.3 is 5.32 Å². The zero-order chi connectivity index (χ0) is 6.24. The third-order valence-electron chi connectivity index (χ3n) is 0.524. The molecule has 0 aromatic heterocycles. The molecule has 0 atom stereocenters. The Morgan fingerprint density at radius 1 is 1.62 bits per heavy atom. The molecule has 2 nitrogen and oxygen atoms in total. The van der Waals surface area contributed by atoms with Crippen molar-refractivity contribution in [3.05, 3.63) is 25.2 Å². The zero-order valence-electron chi connectivity index (χ0n) is 4.96. The van der Waals surface area contributed by atoms with Gasteiger partial charge in [-0.2, -0.15) is 0 Å². The molecule has 0 fully saturated rings. The molecule has 2 heteroatoms. The first-order valence-electron chi connectivity index (χ1n) is 2.41. The molecule has 0 amide bonds. The van der Waals surface area contributed by atoms with Crippen LogP contribution in [0.4, 0.5) is 0 Å². The van der Waals surface area contributed by atoms with Crippen molar-refractivity contribution in [2.45, 2.75) is 6.92 Å². The molecule has 0 unspecified atom stereocenters. The van der Waals surface area contributed by atoms with Gasteiger partial charge in [0.15, 0.2) is 0 Å². The molecule has 0 aliphatic rings. The van der Waals surface area contributed by atoms with E-state index >= 15 is 0 Å². The van der Waals surface area contributed by atoms with E-state index in [4.69, 9.17) is 0 Å². The minimum Gasteiger partial charge on any atom is -0.367 e. The van der Waals surface area contributed by atoms with Crippen LogP contribution in [0, 0.1) is 0 Å². The van der Waals surface area contributed by atoms with Crippen LogP contribution in [0.5, 0.6) is 0 Å². The van der Waals surface area contributed by atoms with Crippen LogP contribution in [0.25, 0.3) is 0 Å². The highest BCUT2D eigenvalue weighted by atomic mass is 14.8. The van der Waals surface area contributed by atoms with Crippen molar-refractivity contribution in [1.82, 2.24) is 5.32 Å². The Hall–Kier alpha value is -1.05.